The van der Waals surface area contributed by atoms with E-state index in [1.54, 1.807) is 12.3 Å². The number of benzene rings is 2. The summed E-state index contributed by atoms with van der Waals surface area (Å²) in [5.41, 5.74) is 2.70. The number of nitrogens with one attached hydrogen (secondary N) is 1. The van der Waals surface area contributed by atoms with Gasteiger partial charge in [-0.1, -0.05) is 30.3 Å². The van der Waals surface area contributed by atoms with E-state index in [4.69, 9.17) is 4.74 Å². The second-order valence-electron chi connectivity index (χ2n) is 7.21. The lowest BCUT2D eigenvalue weighted by atomic mass is 10.1. The number of hydrogen-bond donors (Lipinski definition) is 1. The van der Waals surface area contributed by atoms with Gasteiger partial charge in [0.05, 0.1) is 0 Å². The van der Waals surface area contributed by atoms with Crippen LogP contribution in [0, 0.1) is 0 Å². The maximum absolute atomic E-state index is 12.7. The first-order chi connectivity index (χ1) is 14.3. The standard InChI is InChI=1S/C24H25N3O2/c28-24(27-15-5-2-6-16-27)20-13-14-25-23(17-20)26-21-9-11-22(12-10-21)29-18-19-7-3-1-4-8-19/h1,3-4,7-14,17H,2,5-6,15-16,18H2,(H,25,26). The van der Waals surface area contributed by atoms with E-state index < -0.39 is 0 Å². The molecular formula is C24H25N3O2. The maximum Gasteiger partial charge on any atom is 0.254 e. The number of carbonyl (C=O) groups excluding carboxylic acids is 1. The molecule has 1 aliphatic rings. The van der Waals surface area contributed by atoms with Crippen molar-refractivity contribution in [1.82, 2.24) is 9.88 Å². The summed E-state index contributed by atoms with van der Waals surface area (Å²) in [5, 5.41) is 3.27. The average molecular weight is 387 g/mol. The third-order valence-electron chi connectivity index (χ3n) is 5.03. The topological polar surface area (TPSA) is 54.5 Å². The number of ether oxygens (including phenoxy) is 1. The molecule has 1 aromatic heterocycles. The van der Waals surface area contributed by atoms with Crippen LogP contribution in [0.15, 0.2) is 72.9 Å². The summed E-state index contributed by atoms with van der Waals surface area (Å²) >= 11 is 0. The normalized spacial score (nSPS) is 13.7. The van der Waals surface area contributed by atoms with Crippen LogP contribution in [-0.4, -0.2) is 28.9 Å². The van der Waals surface area contributed by atoms with Gasteiger partial charge in [-0.15, -0.1) is 0 Å². The third kappa shape index (κ3) is 5.13. The minimum Gasteiger partial charge on any atom is -0.489 e. The zero-order chi connectivity index (χ0) is 19.9. The number of piperidine rings is 1. The summed E-state index contributed by atoms with van der Waals surface area (Å²) in [4.78, 5) is 19.0. The van der Waals surface area contributed by atoms with Gasteiger partial charge in [0.1, 0.15) is 18.2 Å². The van der Waals surface area contributed by atoms with Gasteiger partial charge in [-0.3, -0.25) is 4.79 Å². The highest BCUT2D eigenvalue weighted by Crippen LogP contribution is 2.21. The Kier molecular flexibility index (Phi) is 6.05. The van der Waals surface area contributed by atoms with Gasteiger partial charge in [0.2, 0.25) is 0 Å². The summed E-state index contributed by atoms with van der Waals surface area (Å²) in [6, 6.07) is 21.4. The molecule has 3 aromatic rings. The van der Waals surface area contributed by atoms with Gasteiger partial charge in [0.15, 0.2) is 0 Å². The fourth-order valence-electron chi connectivity index (χ4n) is 3.43. The van der Waals surface area contributed by atoms with Crippen LogP contribution in [0.2, 0.25) is 0 Å². The molecule has 5 heteroatoms. The molecule has 0 radical (unpaired) electrons. The molecule has 0 spiro atoms. The van der Waals surface area contributed by atoms with E-state index in [-0.39, 0.29) is 5.91 Å². The van der Waals surface area contributed by atoms with Crippen LogP contribution in [0.5, 0.6) is 5.75 Å². The zero-order valence-corrected chi connectivity index (χ0v) is 16.4. The van der Waals surface area contributed by atoms with Crippen LogP contribution in [-0.2, 0) is 6.61 Å². The molecule has 1 fully saturated rings. The van der Waals surface area contributed by atoms with Crippen molar-refractivity contribution in [3.05, 3.63) is 84.1 Å². The van der Waals surface area contributed by atoms with E-state index in [1.165, 1.54) is 6.42 Å². The first-order valence-corrected chi connectivity index (χ1v) is 10.1. The van der Waals surface area contributed by atoms with Crippen molar-refractivity contribution in [2.75, 3.05) is 18.4 Å². The Morgan fingerprint density at radius 1 is 0.966 bits per heavy atom. The predicted molar refractivity (Wildman–Crippen MR) is 114 cm³/mol. The van der Waals surface area contributed by atoms with Gasteiger partial charge in [0, 0.05) is 30.5 Å². The van der Waals surface area contributed by atoms with Crippen LogP contribution in [0.1, 0.15) is 35.2 Å². The number of rotatable bonds is 6. The Hall–Kier alpha value is -3.34. The first-order valence-electron chi connectivity index (χ1n) is 10.1. The van der Waals surface area contributed by atoms with Crippen molar-refractivity contribution in [2.45, 2.75) is 25.9 Å². The molecule has 1 aliphatic heterocycles. The molecule has 4 rings (SSSR count). The highest BCUT2D eigenvalue weighted by molar-refractivity contribution is 5.95. The van der Waals surface area contributed by atoms with Gasteiger partial charge in [-0.05, 0) is 61.2 Å². The fraction of sp³-hybridized carbons (Fsp3) is 0.250. The Morgan fingerprint density at radius 3 is 2.48 bits per heavy atom. The quantitative estimate of drug-likeness (QED) is 0.644. The van der Waals surface area contributed by atoms with Crippen molar-refractivity contribution in [3.8, 4) is 5.75 Å². The number of nitrogens with zero attached hydrogens (tertiary/aromatic N) is 2. The summed E-state index contributed by atoms with van der Waals surface area (Å²) in [7, 11) is 0. The van der Waals surface area contributed by atoms with Crippen LogP contribution in [0.4, 0.5) is 11.5 Å². The Morgan fingerprint density at radius 2 is 1.72 bits per heavy atom. The van der Waals surface area contributed by atoms with E-state index in [2.05, 4.69) is 10.3 Å². The van der Waals surface area contributed by atoms with Crippen molar-refractivity contribution in [2.24, 2.45) is 0 Å². The van der Waals surface area contributed by atoms with Gasteiger partial charge in [0.25, 0.3) is 5.91 Å². The predicted octanol–water partition coefficient (Wildman–Crippen LogP) is 5.03. The van der Waals surface area contributed by atoms with Gasteiger partial charge < -0.3 is 15.0 Å². The average Bonchev–Trinajstić information content (AvgIpc) is 2.79. The molecule has 0 unspecified atom stereocenters. The molecule has 5 nitrogen and oxygen atoms in total. The number of pyridine rings is 1. The van der Waals surface area contributed by atoms with E-state index in [9.17, 15) is 4.79 Å². The summed E-state index contributed by atoms with van der Waals surface area (Å²) < 4.78 is 5.82. The van der Waals surface area contributed by atoms with E-state index in [0.29, 0.717) is 18.0 Å². The molecule has 0 atom stereocenters. The molecule has 0 bridgehead atoms. The summed E-state index contributed by atoms with van der Waals surface area (Å²) in [6.45, 7) is 2.22. The van der Waals surface area contributed by atoms with Crippen LogP contribution < -0.4 is 10.1 Å². The first kappa shape index (κ1) is 19.0. The zero-order valence-electron chi connectivity index (χ0n) is 16.4. The second-order valence-corrected chi connectivity index (χ2v) is 7.21. The van der Waals surface area contributed by atoms with Crippen molar-refractivity contribution < 1.29 is 9.53 Å². The molecule has 2 heterocycles. The molecule has 148 valence electrons. The van der Waals surface area contributed by atoms with E-state index in [0.717, 1.165) is 42.9 Å². The number of aromatic nitrogens is 1. The van der Waals surface area contributed by atoms with Gasteiger partial charge in [-0.2, -0.15) is 0 Å². The molecular weight excluding hydrogens is 362 g/mol. The molecule has 1 saturated heterocycles. The maximum atomic E-state index is 12.7. The molecule has 0 saturated carbocycles. The molecule has 1 N–H and O–H groups in total. The fourth-order valence-corrected chi connectivity index (χ4v) is 3.43. The number of likely N-dealkylation sites (tertiary alicyclic amines) is 1. The van der Waals surface area contributed by atoms with Crippen molar-refractivity contribution >= 4 is 17.4 Å². The van der Waals surface area contributed by atoms with Crippen LogP contribution >= 0.6 is 0 Å². The lowest BCUT2D eigenvalue weighted by Gasteiger charge is -2.26. The third-order valence-corrected chi connectivity index (χ3v) is 5.03. The van der Waals surface area contributed by atoms with Crippen molar-refractivity contribution in [1.29, 1.82) is 0 Å². The van der Waals surface area contributed by atoms with Gasteiger partial charge in [-0.25, -0.2) is 4.98 Å². The smallest absolute Gasteiger partial charge is 0.254 e. The Bertz CT molecular complexity index is 936. The summed E-state index contributed by atoms with van der Waals surface area (Å²) in [6.07, 6.45) is 5.05. The number of amides is 1. The van der Waals surface area contributed by atoms with Crippen LogP contribution in [0.25, 0.3) is 0 Å². The highest BCUT2D eigenvalue weighted by atomic mass is 16.5. The van der Waals surface area contributed by atoms with E-state index in [1.807, 2.05) is 65.6 Å². The van der Waals surface area contributed by atoms with Gasteiger partial charge >= 0.3 is 0 Å². The molecule has 2 aromatic carbocycles. The Balaban J connectivity index is 1.37. The number of hydrogen-bond acceptors (Lipinski definition) is 4. The number of carbonyl (C=O) groups is 1. The monoisotopic (exact) mass is 387 g/mol. The molecule has 1 amide bonds. The minimum absolute atomic E-state index is 0.0832. The summed E-state index contributed by atoms with van der Waals surface area (Å²) in [5.74, 6) is 1.55. The largest absolute Gasteiger partial charge is 0.489 e. The van der Waals surface area contributed by atoms with Crippen LogP contribution in [0.3, 0.4) is 0 Å². The van der Waals surface area contributed by atoms with Crippen molar-refractivity contribution in [3.63, 3.8) is 0 Å². The van der Waals surface area contributed by atoms with E-state index >= 15 is 0 Å². The lowest BCUT2D eigenvalue weighted by molar-refractivity contribution is 0.0724. The molecule has 0 aliphatic carbocycles. The SMILES string of the molecule is O=C(c1ccnc(Nc2ccc(OCc3ccccc3)cc2)c1)N1CCCCC1. The minimum atomic E-state index is 0.0832. The molecule has 29 heavy (non-hydrogen) atoms. The highest BCUT2D eigenvalue weighted by Gasteiger charge is 2.18. The lowest BCUT2D eigenvalue weighted by Crippen LogP contribution is -2.35. The second kappa shape index (κ2) is 9.24. The Labute approximate surface area is 171 Å². The number of anilines is 2.